The van der Waals surface area contributed by atoms with E-state index in [9.17, 15) is 15.0 Å². The number of carbonyl (C=O) groups excluding carboxylic acids is 1. The molecule has 0 unspecified atom stereocenters. The number of amides is 1. The van der Waals surface area contributed by atoms with Crippen LogP contribution in [0.25, 0.3) is 0 Å². The van der Waals surface area contributed by atoms with Gasteiger partial charge >= 0.3 is 6.09 Å². The van der Waals surface area contributed by atoms with Crippen molar-refractivity contribution < 1.29 is 33.6 Å². The number of aliphatic hydroxyl groups excluding tert-OH is 2. The number of allylic oxidation sites excluding steroid dienone is 2. The molecule has 8 nitrogen and oxygen atoms in total. The molecule has 1 amide bonds. The molecule has 184 valence electrons. The maximum Gasteiger partial charge on any atom is 0.412 e. The minimum absolute atomic E-state index is 0.00631. The number of fused-ring (bicyclic) bond motifs is 2. The highest BCUT2D eigenvalue weighted by Crippen LogP contribution is 2.52. The summed E-state index contributed by atoms with van der Waals surface area (Å²) in [6.45, 7) is 6.40. The number of nitrogens with one attached hydrogen (secondary N) is 1. The van der Waals surface area contributed by atoms with Crippen molar-refractivity contribution >= 4 is 14.4 Å². The lowest BCUT2D eigenvalue weighted by molar-refractivity contribution is -0.142. The van der Waals surface area contributed by atoms with Gasteiger partial charge in [-0.3, -0.25) is 0 Å². The number of rotatable bonds is 7. The Bertz CT molecular complexity index is 991. The van der Waals surface area contributed by atoms with Crippen LogP contribution in [0.1, 0.15) is 27.2 Å². The minimum Gasteiger partial charge on any atom is -0.409 e. The average Bonchev–Trinajstić information content (AvgIpc) is 3.34. The lowest BCUT2D eigenvalue weighted by atomic mass is 9.74. The van der Waals surface area contributed by atoms with Crippen LogP contribution in [0.4, 0.5) is 4.79 Å². The van der Waals surface area contributed by atoms with Gasteiger partial charge in [-0.1, -0.05) is 50.5 Å². The zero-order chi connectivity index (χ0) is 24.8. The summed E-state index contributed by atoms with van der Waals surface area (Å²) in [5.74, 6) is 10.1. The summed E-state index contributed by atoms with van der Waals surface area (Å²) in [4.78, 5) is 12.3. The predicted molar refractivity (Wildman–Crippen MR) is 129 cm³/mol. The van der Waals surface area contributed by atoms with Crippen molar-refractivity contribution in [1.82, 2.24) is 5.32 Å². The van der Waals surface area contributed by atoms with E-state index in [-0.39, 0.29) is 32.0 Å². The quantitative estimate of drug-likeness (QED) is 0.288. The van der Waals surface area contributed by atoms with E-state index in [2.05, 4.69) is 49.8 Å². The number of ether oxygens (including phenoxy) is 3. The molecule has 9 heteroatoms. The SMILES string of the molecule is CC[Si](CC)(CC)O[C@]12C#CC=CC#C[C@H](O)C(=C(OC(=O)NC)C3(OCCO3)C1=CCO)C2. The summed E-state index contributed by atoms with van der Waals surface area (Å²) in [5.41, 5.74) is -0.572. The molecule has 1 aliphatic heterocycles. The Kier molecular flexibility index (Phi) is 8.42. The van der Waals surface area contributed by atoms with Crippen molar-refractivity contribution in [3.63, 3.8) is 0 Å². The van der Waals surface area contributed by atoms with Gasteiger partial charge in [-0.2, -0.15) is 0 Å². The number of hydrogen-bond donors (Lipinski definition) is 3. The van der Waals surface area contributed by atoms with E-state index in [0.29, 0.717) is 11.1 Å². The standard InChI is InChI=1S/C25H33NO7Si/c1-5-34(6-2,7-3)33-24-14-11-9-8-10-12-20(28)19(18-24)22(32-23(29)26-4)25(21(24)13-15-27)30-16-17-31-25/h8-9,13,20,27-28H,5-7,15-18H2,1-4H3,(H,26,29)/t20-,24-/m0/s1. The van der Waals surface area contributed by atoms with Crippen LogP contribution in [-0.2, 0) is 18.6 Å². The van der Waals surface area contributed by atoms with Gasteiger partial charge in [0.25, 0.3) is 5.79 Å². The molecule has 3 N–H and O–H groups in total. The summed E-state index contributed by atoms with van der Waals surface area (Å²) < 4.78 is 24.9. The summed E-state index contributed by atoms with van der Waals surface area (Å²) in [5, 5.41) is 23.6. The lowest BCUT2D eigenvalue weighted by Gasteiger charge is -2.49. The monoisotopic (exact) mass is 487 g/mol. The molecular formula is C25H33NO7Si. The Morgan fingerprint density at radius 3 is 2.47 bits per heavy atom. The van der Waals surface area contributed by atoms with Crippen LogP contribution in [0.15, 0.2) is 35.1 Å². The van der Waals surface area contributed by atoms with Gasteiger partial charge in [0, 0.05) is 24.6 Å². The van der Waals surface area contributed by atoms with E-state index in [0.717, 1.165) is 18.1 Å². The molecule has 2 aliphatic carbocycles. The molecule has 2 bridgehead atoms. The predicted octanol–water partition coefficient (Wildman–Crippen LogP) is 2.36. The summed E-state index contributed by atoms with van der Waals surface area (Å²) >= 11 is 0. The van der Waals surface area contributed by atoms with Crippen LogP contribution in [-0.4, -0.2) is 69.0 Å². The van der Waals surface area contributed by atoms with Crippen LogP contribution in [0.2, 0.25) is 18.1 Å². The highest BCUT2D eigenvalue weighted by molar-refractivity contribution is 6.73. The van der Waals surface area contributed by atoms with E-state index in [1.54, 1.807) is 18.2 Å². The molecule has 3 aliphatic rings. The van der Waals surface area contributed by atoms with Crippen molar-refractivity contribution in [2.75, 3.05) is 26.9 Å². The molecule has 2 atom stereocenters. The number of hydrogen-bond acceptors (Lipinski definition) is 7. The fraction of sp³-hybridized carbons (Fsp3) is 0.560. The Morgan fingerprint density at radius 1 is 1.24 bits per heavy atom. The van der Waals surface area contributed by atoms with Crippen molar-refractivity contribution in [2.24, 2.45) is 0 Å². The lowest BCUT2D eigenvalue weighted by Crippen LogP contribution is -2.58. The second-order valence-corrected chi connectivity index (χ2v) is 12.9. The Labute approximate surface area is 202 Å². The fourth-order valence-corrected chi connectivity index (χ4v) is 7.56. The first-order valence-corrected chi connectivity index (χ1v) is 14.2. The number of alkyl carbamates (subject to hydrolysis) is 1. The van der Waals surface area contributed by atoms with Crippen LogP contribution in [0, 0.1) is 23.7 Å². The molecule has 0 aromatic heterocycles. The minimum atomic E-state index is -2.30. The molecule has 0 aromatic rings. The summed E-state index contributed by atoms with van der Waals surface area (Å²) in [6, 6.07) is 2.55. The molecular weight excluding hydrogens is 454 g/mol. The van der Waals surface area contributed by atoms with Gasteiger partial charge < -0.3 is 34.2 Å². The van der Waals surface area contributed by atoms with Gasteiger partial charge in [0.05, 0.1) is 19.8 Å². The second-order valence-electron chi connectivity index (χ2n) is 8.25. The topological polar surface area (TPSA) is 106 Å². The fourth-order valence-electron chi connectivity index (χ4n) is 4.65. The van der Waals surface area contributed by atoms with Crippen LogP contribution in [0.3, 0.4) is 0 Å². The molecule has 1 heterocycles. The third-order valence-electron chi connectivity index (χ3n) is 6.61. The van der Waals surface area contributed by atoms with Gasteiger partial charge in [0.15, 0.2) is 14.1 Å². The van der Waals surface area contributed by atoms with E-state index < -0.39 is 31.9 Å². The Hall–Kier alpha value is -2.37. The highest BCUT2D eigenvalue weighted by Gasteiger charge is 2.61. The average molecular weight is 488 g/mol. The first-order chi connectivity index (χ1) is 16.4. The number of aliphatic hydroxyl groups is 2. The van der Waals surface area contributed by atoms with Crippen molar-refractivity contribution in [2.45, 2.75) is 62.8 Å². The van der Waals surface area contributed by atoms with Gasteiger partial charge in [-0.15, -0.1) is 0 Å². The van der Waals surface area contributed by atoms with E-state index in [1.807, 2.05) is 0 Å². The Balaban J connectivity index is 2.38. The maximum atomic E-state index is 12.3. The molecule has 0 radical (unpaired) electrons. The zero-order valence-corrected chi connectivity index (χ0v) is 21.2. The van der Waals surface area contributed by atoms with Gasteiger partial charge in [-0.25, -0.2) is 4.79 Å². The highest BCUT2D eigenvalue weighted by atomic mass is 28.4. The molecule has 3 rings (SSSR count). The Morgan fingerprint density at radius 2 is 1.88 bits per heavy atom. The molecule has 0 saturated carbocycles. The first-order valence-electron chi connectivity index (χ1n) is 11.7. The first kappa shape index (κ1) is 26.2. The van der Waals surface area contributed by atoms with Crippen molar-refractivity contribution in [3.8, 4) is 23.7 Å². The normalized spacial score (nSPS) is 26.5. The van der Waals surface area contributed by atoms with Crippen molar-refractivity contribution in [3.05, 3.63) is 35.1 Å². The van der Waals surface area contributed by atoms with E-state index >= 15 is 0 Å². The van der Waals surface area contributed by atoms with Gasteiger partial charge in [-0.05, 0) is 30.3 Å². The smallest absolute Gasteiger partial charge is 0.409 e. The van der Waals surface area contributed by atoms with Crippen LogP contribution >= 0.6 is 0 Å². The van der Waals surface area contributed by atoms with Crippen molar-refractivity contribution in [1.29, 1.82) is 0 Å². The van der Waals surface area contributed by atoms with Crippen LogP contribution in [0.5, 0.6) is 0 Å². The molecule has 1 spiro atoms. The molecule has 1 saturated heterocycles. The summed E-state index contributed by atoms with van der Waals surface area (Å²) in [6.07, 6.45) is 2.74. The largest absolute Gasteiger partial charge is 0.412 e. The molecule has 34 heavy (non-hydrogen) atoms. The zero-order valence-electron chi connectivity index (χ0n) is 20.2. The third kappa shape index (κ3) is 4.73. The second kappa shape index (κ2) is 10.9. The maximum absolute atomic E-state index is 12.3. The number of carbonyl (C=O) groups is 1. The molecule has 1 fully saturated rings. The van der Waals surface area contributed by atoms with Crippen LogP contribution < -0.4 is 5.32 Å². The molecule has 0 aromatic carbocycles. The van der Waals surface area contributed by atoms with E-state index in [1.165, 1.54) is 7.05 Å². The summed E-state index contributed by atoms with van der Waals surface area (Å²) in [7, 11) is -0.872. The van der Waals surface area contributed by atoms with Gasteiger partial charge in [0.1, 0.15) is 11.7 Å². The van der Waals surface area contributed by atoms with E-state index in [4.69, 9.17) is 18.6 Å². The van der Waals surface area contributed by atoms with Gasteiger partial charge in [0.2, 0.25) is 0 Å². The third-order valence-corrected chi connectivity index (χ3v) is 11.3.